The number of aliphatic hydroxyl groups excluding tert-OH is 1. The quantitative estimate of drug-likeness (QED) is 0.640. The molecule has 2 rings (SSSR count). The van der Waals surface area contributed by atoms with Crippen LogP contribution in [0, 0.1) is 0 Å². The van der Waals surface area contributed by atoms with E-state index in [-0.39, 0.29) is 13.2 Å². The van der Waals surface area contributed by atoms with Crippen LogP contribution in [0.25, 0.3) is 0 Å². The molecule has 2 atom stereocenters. The number of ether oxygens (including phenoxy) is 2. The first kappa shape index (κ1) is 20.4. The molecular formula is C19H20F4O3. The molecule has 26 heavy (non-hydrogen) atoms. The van der Waals surface area contributed by atoms with Crippen LogP contribution in [-0.4, -0.2) is 36.3 Å². The minimum Gasteiger partial charge on any atom is -0.388 e. The molecule has 2 aromatic carbocycles. The van der Waals surface area contributed by atoms with Crippen molar-refractivity contribution in [1.82, 2.24) is 0 Å². The van der Waals surface area contributed by atoms with Crippen LogP contribution in [0.2, 0.25) is 0 Å². The van der Waals surface area contributed by atoms with Gasteiger partial charge in [-0.05, 0) is 11.1 Å². The zero-order valence-electron chi connectivity index (χ0n) is 13.9. The van der Waals surface area contributed by atoms with Crippen molar-refractivity contribution in [2.24, 2.45) is 0 Å². The Labute approximate surface area is 149 Å². The van der Waals surface area contributed by atoms with Crippen molar-refractivity contribution in [1.29, 1.82) is 0 Å². The Morgan fingerprint density at radius 1 is 0.846 bits per heavy atom. The molecule has 0 bridgehead atoms. The molecule has 2 aromatic rings. The van der Waals surface area contributed by atoms with Crippen molar-refractivity contribution in [2.45, 2.75) is 37.8 Å². The Hall–Kier alpha value is -1.96. The van der Waals surface area contributed by atoms with Crippen LogP contribution >= 0.6 is 0 Å². The van der Waals surface area contributed by atoms with Crippen molar-refractivity contribution in [3.8, 4) is 0 Å². The number of halogens is 4. The average Bonchev–Trinajstić information content (AvgIpc) is 2.63. The highest BCUT2D eigenvalue weighted by molar-refractivity contribution is 5.14. The molecule has 3 nitrogen and oxygen atoms in total. The van der Waals surface area contributed by atoms with E-state index in [1.165, 1.54) is 0 Å². The summed E-state index contributed by atoms with van der Waals surface area (Å²) in [6.45, 7) is -0.830. The van der Waals surface area contributed by atoms with Gasteiger partial charge in [-0.1, -0.05) is 60.7 Å². The molecule has 0 unspecified atom stereocenters. The van der Waals surface area contributed by atoms with Crippen molar-refractivity contribution in [3.63, 3.8) is 0 Å². The van der Waals surface area contributed by atoms with Crippen LogP contribution in [0.1, 0.15) is 11.1 Å². The molecule has 0 aliphatic heterocycles. The standard InChI is InChI=1S/C19H20F4O3/c20-18(21)19(22,23)17(26-12-15-9-5-2-6-10-15)16(24)13-25-11-14-7-3-1-4-8-14/h1-10,16-18,24H,11-13H2/t16-,17+/m1/s1. The summed E-state index contributed by atoms with van der Waals surface area (Å²) >= 11 is 0. The lowest BCUT2D eigenvalue weighted by atomic mass is 10.1. The van der Waals surface area contributed by atoms with E-state index in [1.807, 2.05) is 0 Å². The average molecular weight is 372 g/mol. The van der Waals surface area contributed by atoms with E-state index in [9.17, 15) is 22.7 Å². The van der Waals surface area contributed by atoms with Crippen LogP contribution in [-0.2, 0) is 22.7 Å². The second-order valence-corrected chi connectivity index (χ2v) is 5.76. The number of rotatable bonds is 10. The van der Waals surface area contributed by atoms with E-state index in [2.05, 4.69) is 0 Å². The van der Waals surface area contributed by atoms with Gasteiger partial charge in [-0.2, -0.15) is 8.78 Å². The van der Waals surface area contributed by atoms with Crippen LogP contribution < -0.4 is 0 Å². The third-order valence-corrected chi connectivity index (χ3v) is 3.69. The second-order valence-electron chi connectivity index (χ2n) is 5.76. The summed E-state index contributed by atoms with van der Waals surface area (Å²) in [7, 11) is 0. The van der Waals surface area contributed by atoms with Crippen molar-refractivity contribution in [2.75, 3.05) is 6.61 Å². The fourth-order valence-corrected chi connectivity index (χ4v) is 2.32. The predicted molar refractivity (Wildman–Crippen MR) is 88.1 cm³/mol. The molecule has 0 heterocycles. The molecule has 0 amide bonds. The highest BCUT2D eigenvalue weighted by Gasteiger charge is 2.52. The van der Waals surface area contributed by atoms with Crippen LogP contribution in [0.15, 0.2) is 60.7 Å². The Kier molecular flexibility index (Phi) is 7.56. The van der Waals surface area contributed by atoms with Crippen LogP contribution in [0.5, 0.6) is 0 Å². The van der Waals surface area contributed by atoms with Gasteiger partial charge in [-0.3, -0.25) is 0 Å². The highest BCUT2D eigenvalue weighted by Crippen LogP contribution is 2.31. The van der Waals surface area contributed by atoms with Gasteiger partial charge in [-0.15, -0.1) is 0 Å². The molecule has 0 radical (unpaired) electrons. The Bertz CT molecular complexity index is 638. The van der Waals surface area contributed by atoms with Gasteiger partial charge < -0.3 is 14.6 Å². The third-order valence-electron chi connectivity index (χ3n) is 3.69. The minimum absolute atomic E-state index is 0.0591. The Morgan fingerprint density at radius 2 is 1.35 bits per heavy atom. The number of alkyl halides is 4. The molecule has 142 valence electrons. The normalized spacial score (nSPS) is 14.4. The highest BCUT2D eigenvalue weighted by atomic mass is 19.3. The maximum absolute atomic E-state index is 13.8. The molecule has 0 fully saturated rings. The lowest BCUT2D eigenvalue weighted by molar-refractivity contribution is -0.241. The van der Waals surface area contributed by atoms with Crippen molar-refractivity contribution in [3.05, 3.63) is 71.8 Å². The first-order valence-corrected chi connectivity index (χ1v) is 8.02. The molecule has 0 saturated heterocycles. The third kappa shape index (κ3) is 5.79. The van der Waals surface area contributed by atoms with Gasteiger partial charge in [0.25, 0.3) is 0 Å². The number of hydrogen-bond acceptors (Lipinski definition) is 3. The van der Waals surface area contributed by atoms with E-state index in [0.29, 0.717) is 5.56 Å². The zero-order chi connectivity index (χ0) is 19.0. The number of aliphatic hydroxyl groups is 1. The molecule has 7 heteroatoms. The van der Waals surface area contributed by atoms with Gasteiger partial charge in [0.05, 0.1) is 19.8 Å². The molecule has 0 aliphatic rings. The molecule has 0 aromatic heterocycles. The maximum Gasteiger partial charge on any atom is 0.335 e. The van der Waals surface area contributed by atoms with Gasteiger partial charge >= 0.3 is 12.3 Å². The summed E-state index contributed by atoms with van der Waals surface area (Å²) in [6.07, 6.45) is -8.27. The summed E-state index contributed by atoms with van der Waals surface area (Å²) in [4.78, 5) is 0. The van der Waals surface area contributed by atoms with Crippen LogP contribution in [0.4, 0.5) is 17.6 Å². The Balaban J connectivity index is 1.97. The molecule has 1 N–H and O–H groups in total. The fourth-order valence-electron chi connectivity index (χ4n) is 2.32. The summed E-state index contributed by atoms with van der Waals surface area (Å²) in [5, 5.41) is 9.99. The van der Waals surface area contributed by atoms with E-state index in [1.54, 1.807) is 60.7 Å². The van der Waals surface area contributed by atoms with Gasteiger partial charge in [0, 0.05) is 0 Å². The SMILES string of the molecule is O[C@H](COCc1ccccc1)[C@H](OCc1ccccc1)C(F)(F)C(F)F. The van der Waals surface area contributed by atoms with Crippen molar-refractivity contribution >= 4 is 0 Å². The van der Waals surface area contributed by atoms with E-state index in [4.69, 9.17) is 9.47 Å². The van der Waals surface area contributed by atoms with Gasteiger partial charge in [0.1, 0.15) is 6.10 Å². The number of benzene rings is 2. The van der Waals surface area contributed by atoms with Crippen LogP contribution in [0.3, 0.4) is 0 Å². The topological polar surface area (TPSA) is 38.7 Å². The number of hydrogen-bond donors (Lipinski definition) is 1. The summed E-state index contributed by atoms with van der Waals surface area (Å²) < 4.78 is 63.3. The van der Waals surface area contributed by atoms with Crippen molar-refractivity contribution < 1.29 is 32.1 Å². The first-order valence-electron chi connectivity index (χ1n) is 8.02. The Morgan fingerprint density at radius 3 is 1.85 bits per heavy atom. The van der Waals surface area contributed by atoms with Gasteiger partial charge in [0.15, 0.2) is 6.10 Å². The molecular weight excluding hydrogens is 352 g/mol. The van der Waals surface area contributed by atoms with Gasteiger partial charge in [-0.25, -0.2) is 8.78 Å². The van der Waals surface area contributed by atoms with E-state index in [0.717, 1.165) is 5.56 Å². The molecule has 0 saturated carbocycles. The molecule has 0 spiro atoms. The minimum atomic E-state index is -4.51. The summed E-state index contributed by atoms with van der Waals surface area (Å²) in [6, 6.07) is 17.1. The first-order chi connectivity index (χ1) is 12.4. The predicted octanol–water partition coefficient (Wildman–Crippen LogP) is 4.05. The summed E-state index contributed by atoms with van der Waals surface area (Å²) in [5.74, 6) is -4.51. The zero-order valence-corrected chi connectivity index (χ0v) is 13.9. The maximum atomic E-state index is 13.8. The van der Waals surface area contributed by atoms with E-state index < -0.39 is 31.2 Å². The fraction of sp³-hybridized carbons (Fsp3) is 0.368. The van der Waals surface area contributed by atoms with E-state index >= 15 is 0 Å². The monoisotopic (exact) mass is 372 g/mol. The summed E-state index contributed by atoms with van der Waals surface area (Å²) in [5.41, 5.74) is 1.29. The lowest BCUT2D eigenvalue weighted by Crippen LogP contribution is -2.50. The lowest BCUT2D eigenvalue weighted by Gasteiger charge is -2.30. The second kappa shape index (κ2) is 9.66. The largest absolute Gasteiger partial charge is 0.388 e. The molecule has 0 aliphatic carbocycles. The van der Waals surface area contributed by atoms with Gasteiger partial charge in [0.2, 0.25) is 0 Å². The smallest absolute Gasteiger partial charge is 0.335 e.